The summed E-state index contributed by atoms with van der Waals surface area (Å²) in [5.74, 6) is 4.02. The summed E-state index contributed by atoms with van der Waals surface area (Å²) in [5.41, 5.74) is 3.98. The second-order valence-corrected chi connectivity index (χ2v) is 16.7. The highest BCUT2D eigenvalue weighted by molar-refractivity contribution is 5.75. The maximum absolute atomic E-state index is 12.6. The van der Waals surface area contributed by atoms with Crippen molar-refractivity contribution in [1.82, 2.24) is 4.90 Å². The van der Waals surface area contributed by atoms with E-state index in [1.165, 1.54) is 97.1 Å². The van der Waals surface area contributed by atoms with Gasteiger partial charge in [0.25, 0.3) is 0 Å². The van der Waals surface area contributed by atoms with Gasteiger partial charge in [-0.15, -0.1) is 0 Å². The Morgan fingerprint density at radius 2 is 1.60 bits per heavy atom. The van der Waals surface area contributed by atoms with Crippen LogP contribution in [0.1, 0.15) is 152 Å². The minimum Gasteiger partial charge on any atom is -0.460 e. The predicted molar refractivity (Wildman–Crippen MR) is 185 cm³/mol. The largest absolute Gasteiger partial charge is 0.460 e. The number of hydrogen-bond donors (Lipinski definition) is 0. The number of hydrogen-bond acceptors (Lipinski definition) is 5. The summed E-state index contributed by atoms with van der Waals surface area (Å²) in [7, 11) is 0. The zero-order valence-electron chi connectivity index (χ0n) is 30.6. The first-order valence-corrected chi connectivity index (χ1v) is 19.2. The highest BCUT2D eigenvalue weighted by Gasteiger charge is 2.60. The summed E-state index contributed by atoms with van der Waals surface area (Å²) in [6.45, 7) is 21.7. The van der Waals surface area contributed by atoms with Crippen molar-refractivity contribution in [3.8, 4) is 0 Å². The molecule has 5 nitrogen and oxygen atoms in total. The fourth-order valence-corrected chi connectivity index (χ4v) is 10.9. The standard InChI is InChI=1S/C40H69NO4/c1-9-11-22-41(23-12-10-2)26-31-24-33-35-17-16-34(29(5)15-13-14-28(3)4)39(35,7)21-19-36(33)40(8)20-18-32(25-37(31)40)45-38(43)27-44-30(6)42/h28-29,32-36H,9-27H2,1-8H3/t29-,32+,33+,34-,35+,36+,39-,40-/m1/s1. The van der Waals surface area contributed by atoms with E-state index in [9.17, 15) is 9.59 Å². The molecule has 0 aromatic carbocycles. The van der Waals surface area contributed by atoms with E-state index in [1.54, 1.807) is 11.1 Å². The Morgan fingerprint density at radius 3 is 2.24 bits per heavy atom. The van der Waals surface area contributed by atoms with Crippen LogP contribution in [0.3, 0.4) is 0 Å². The molecule has 258 valence electrons. The quantitative estimate of drug-likeness (QED) is 0.126. The van der Waals surface area contributed by atoms with E-state index >= 15 is 0 Å². The molecule has 4 aliphatic carbocycles. The van der Waals surface area contributed by atoms with Crippen LogP contribution in [0.4, 0.5) is 0 Å². The maximum atomic E-state index is 12.6. The summed E-state index contributed by atoms with van der Waals surface area (Å²) in [6, 6.07) is 0. The van der Waals surface area contributed by atoms with Gasteiger partial charge in [-0.1, -0.05) is 91.7 Å². The Kier molecular flexibility index (Phi) is 13.1. The van der Waals surface area contributed by atoms with Gasteiger partial charge < -0.3 is 9.47 Å². The molecule has 0 N–H and O–H groups in total. The number of fused-ring (bicyclic) bond motifs is 5. The molecule has 0 aliphatic heterocycles. The monoisotopic (exact) mass is 628 g/mol. The van der Waals surface area contributed by atoms with Gasteiger partial charge in [-0.05, 0) is 117 Å². The number of unbranched alkanes of at least 4 members (excludes halogenated alkanes) is 2. The van der Waals surface area contributed by atoms with Crippen LogP contribution in [-0.4, -0.2) is 49.2 Å². The van der Waals surface area contributed by atoms with Crippen molar-refractivity contribution >= 4 is 11.9 Å². The fourth-order valence-electron chi connectivity index (χ4n) is 10.9. The van der Waals surface area contributed by atoms with Gasteiger partial charge in [0.15, 0.2) is 6.61 Å². The van der Waals surface area contributed by atoms with Gasteiger partial charge in [0.2, 0.25) is 0 Å². The van der Waals surface area contributed by atoms with E-state index in [0.29, 0.717) is 5.41 Å². The Labute approximate surface area is 277 Å². The number of carbonyl (C=O) groups is 2. The summed E-state index contributed by atoms with van der Waals surface area (Å²) in [4.78, 5) is 26.6. The minimum atomic E-state index is -0.436. The summed E-state index contributed by atoms with van der Waals surface area (Å²) in [5, 5.41) is 0. The molecule has 0 heterocycles. The fraction of sp³-hybridized carbons (Fsp3) is 0.900. The molecular weight excluding hydrogens is 558 g/mol. The Hall–Kier alpha value is -1.36. The average Bonchev–Trinajstić information content (AvgIpc) is 3.35. The summed E-state index contributed by atoms with van der Waals surface area (Å²) >= 11 is 0. The second kappa shape index (κ2) is 16.2. The van der Waals surface area contributed by atoms with Crippen molar-refractivity contribution in [3.05, 3.63) is 11.1 Å². The Morgan fingerprint density at radius 1 is 0.889 bits per heavy atom. The Bertz CT molecular complexity index is 1010. The lowest BCUT2D eigenvalue weighted by molar-refractivity contribution is -0.163. The van der Waals surface area contributed by atoms with Crippen molar-refractivity contribution in [2.24, 2.45) is 46.3 Å². The van der Waals surface area contributed by atoms with Crippen molar-refractivity contribution in [2.45, 2.75) is 158 Å². The third-order valence-electron chi connectivity index (χ3n) is 13.2. The highest BCUT2D eigenvalue weighted by Crippen LogP contribution is 2.68. The lowest BCUT2D eigenvalue weighted by Gasteiger charge is -2.60. The molecule has 5 heteroatoms. The second-order valence-electron chi connectivity index (χ2n) is 16.7. The van der Waals surface area contributed by atoms with Crippen LogP contribution in [-0.2, 0) is 19.1 Å². The van der Waals surface area contributed by atoms with Crippen molar-refractivity contribution in [2.75, 3.05) is 26.2 Å². The molecule has 4 rings (SSSR count). The molecular formula is C40H69NO4. The first-order valence-electron chi connectivity index (χ1n) is 19.2. The first kappa shape index (κ1) is 36.5. The van der Waals surface area contributed by atoms with Gasteiger partial charge in [0.1, 0.15) is 6.10 Å². The van der Waals surface area contributed by atoms with Crippen molar-refractivity contribution in [1.29, 1.82) is 0 Å². The molecule has 3 fully saturated rings. The highest BCUT2D eigenvalue weighted by atomic mass is 16.6. The summed E-state index contributed by atoms with van der Waals surface area (Å²) < 4.78 is 10.9. The summed E-state index contributed by atoms with van der Waals surface area (Å²) in [6.07, 6.45) is 18.7. The van der Waals surface area contributed by atoms with Gasteiger partial charge in [-0.3, -0.25) is 9.69 Å². The number of rotatable bonds is 16. The van der Waals surface area contributed by atoms with Crippen LogP contribution in [0.15, 0.2) is 11.1 Å². The zero-order chi connectivity index (χ0) is 32.8. The number of esters is 2. The molecule has 3 saturated carbocycles. The molecule has 4 aliphatic rings. The number of nitrogens with zero attached hydrogens (tertiary/aromatic N) is 1. The molecule has 0 spiro atoms. The van der Waals surface area contributed by atoms with Crippen LogP contribution in [0.25, 0.3) is 0 Å². The molecule has 45 heavy (non-hydrogen) atoms. The van der Waals surface area contributed by atoms with Crippen molar-refractivity contribution < 1.29 is 19.1 Å². The van der Waals surface area contributed by atoms with E-state index < -0.39 is 11.9 Å². The van der Waals surface area contributed by atoms with E-state index in [4.69, 9.17) is 9.47 Å². The molecule has 0 aromatic rings. The third kappa shape index (κ3) is 8.57. The Balaban J connectivity index is 1.60. The molecule has 0 radical (unpaired) electrons. The molecule has 8 atom stereocenters. The van der Waals surface area contributed by atoms with Crippen LogP contribution in [0, 0.1) is 46.3 Å². The molecule has 0 aromatic heterocycles. The molecule has 0 unspecified atom stereocenters. The van der Waals surface area contributed by atoms with E-state index in [0.717, 1.165) is 61.3 Å². The third-order valence-corrected chi connectivity index (χ3v) is 13.2. The van der Waals surface area contributed by atoms with Crippen molar-refractivity contribution in [3.63, 3.8) is 0 Å². The van der Waals surface area contributed by atoms with E-state index in [1.807, 2.05) is 0 Å². The smallest absolute Gasteiger partial charge is 0.344 e. The molecule has 0 amide bonds. The van der Waals surface area contributed by atoms with Crippen LogP contribution >= 0.6 is 0 Å². The van der Waals surface area contributed by atoms with Gasteiger partial charge in [0.05, 0.1) is 0 Å². The normalized spacial score (nSPS) is 33.5. The van der Waals surface area contributed by atoms with Gasteiger partial charge in [-0.25, -0.2) is 4.79 Å². The lowest BCUT2D eigenvalue weighted by atomic mass is 9.46. The van der Waals surface area contributed by atoms with Crippen LogP contribution < -0.4 is 0 Å². The van der Waals surface area contributed by atoms with Gasteiger partial charge in [-0.2, -0.15) is 0 Å². The zero-order valence-corrected chi connectivity index (χ0v) is 30.6. The maximum Gasteiger partial charge on any atom is 0.344 e. The minimum absolute atomic E-state index is 0.112. The van der Waals surface area contributed by atoms with Crippen LogP contribution in [0.5, 0.6) is 0 Å². The first-order chi connectivity index (χ1) is 21.4. The van der Waals surface area contributed by atoms with Crippen LogP contribution in [0.2, 0.25) is 0 Å². The lowest BCUT2D eigenvalue weighted by Crippen LogP contribution is -2.52. The number of carbonyl (C=O) groups excluding carboxylic acids is 2. The SMILES string of the molecule is CCCCN(CCCC)CC1=C2C[C@@H](OC(=O)COC(C)=O)CC[C@]2(C)[C@H]2CC[C@]3(C)[C@@H]([C@H](C)CCCC(C)C)CC[C@H]3[C@@H]2C1. The van der Waals surface area contributed by atoms with E-state index in [2.05, 4.69) is 53.4 Å². The molecule has 0 bridgehead atoms. The predicted octanol–water partition coefficient (Wildman–Crippen LogP) is 9.78. The number of ether oxygens (including phenoxy) is 2. The van der Waals surface area contributed by atoms with E-state index in [-0.39, 0.29) is 18.1 Å². The topological polar surface area (TPSA) is 55.8 Å². The van der Waals surface area contributed by atoms with Gasteiger partial charge in [0, 0.05) is 19.9 Å². The molecule has 0 saturated heterocycles. The average molecular weight is 628 g/mol. The van der Waals surface area contributed by atoms with Gasteiger partial charge >= 0.3 is 11.9 Å².